The van der Waals surface area contributed by atoms with Gasteiger partial charge in [-0.2, -0.15) is 0 Å². The third-order valence-corrected chi connectivity index (χ3v) is 4.78. The highest BCUT2D eigenvalue weighted by molar-refractivity contribution is 6.42. The highest BCUT2D eigenvalue weighted by Crippen LogP contribution is 2.48. The van der Waals surface area contributed by atoms with E-state index in [9.17, 15) is 9.59 Å². The van der Waals surface area contributed by atoms with Crippen molar-refractivity contribution in [2.75, 3.05) is 18.4 Å². The molecule has 0 radical (unpaired) electrons. The first kappa shape index (κ1) is 18.1. The lowest BCUT2D eigenvalue weighted by atomic mass is 10.0. The van der Waals surface area contributed by atoms with Crippen LogP contribution in [0.4, 0.5) is 5.69 Å². The van der Waals surface area contributed by atoms with E-state index in [0.717, 1.165) is 12.8 Å². The van der Waals surface area contributed by atoms with Gasteiger partial charge in [-0.25, -0.2) is 0 Å². The Morgan fingerprint density at radius 2 is 1.74 bits per heavy atom. The zero-order chi connectivity index (χ0) is 17.0. The minimum Gasteiger partial charge on any atom is -0.342 e. The SMILES string of the molecule is CCCN(CCC)C(=O)C1(C(=O)Nc2ccc(Cl)c(Cl)c2)CC1. The monoisotopic (exact) mass is 356 g/mol. The molecule has 1 N–H and O–H groups in total. The van der Waals surface area contributed by atoms with Crippen molar-refractivity contribution >= 4 is 40.7 Å². The summed E-state index contributed by atoms with van der Waals surface area (Å²) in [6, 6.07) is 4.90. The molecule has 0 atom stereocenters. The lowest BCUT2D eigenvalue weighted by Crippen LogP contribution is -2.43. The Morgan fingerprint density at radius 3 is 2.22 bits per heavy atom. The Hall–Kier alpha value is -1.26. The molecule has 1 fully saturated rings. The molecule has 1 aromatic rings. The van der Waals surface area contributed by atoms with Crippen molar-refractivity contribution in [2.45, 2.75) is 39.5 Å². The highest BCUT2D eigenvalue weighted by Gasteiger charge is 2.57. The lowest BCUT2D eigenvalue weighted by Gasteiger charge is -2.26. The molecule has 0 bridgehead atoms. The van der Waals surface area contributed by atoms with Crippen molar-refractivity contribution in [3.8, 4) is 0 Å². The summed E-state index contributed by atoms with van der Waals surface area (Å²) >= 11 is 11.8. The molecule has 1 aliphatic carbocycles. The smallest absolute Gasteiger partial charge is 0.240 e. The van der Waals surface area contributed by atoms with Crippen LogP contribution in [0.5, 0.6) is 0 Å². The third-order valence-electron chi connectivity index (χ3n) is 4.05. The molecule has 2 rings (SSSR count). The van der Waals surface area contributed by atoms with Crippen LogP contribution in [-0.2, 0) is 9.59 Å². The van der Waals surface area contributed by atoms with Crippen LogP contribution in [0.15, 0.2) is 18.2 Å². The number of nitrogens with one attached hydrogen (secondary N) is 1. The Bertz CT molecular complexity index is 594. The second-order valence-electron chi connectivity index (χ2n) is 5.96. The van der Waals surface area contributed by atoms with Crippen LogP contribution in [0.25, 0.3) is 0 Å². The molecule has 126 valence electrons. The Balaban J connectivity index is 2.10. The van der Waals surface area contributed by atoms with E-state index in [1.165, 1.54) is 0 Å². The molecule has 6 heteroatoms. The topological polar surface area (TPSA) is 49.4 Å². The molecule has 4 nitrogen and oxygen atoms in total. The number of hydrogen-bond acceptors (Lipinski definition) is 2. The highest BCUT2D eigenvalue weighted by atomic mass is 35.5. The van der Waals surface area contributed by atoms with E-state index in [-0.39, 0.29) is 11.8 Å². The fraction of sp³-hybridized carbons (Fsp3) is 0.529. The van der Waals surface area contributed by atoms with Crippen molar-refractivity contribution in [3.63, 3.8) is 0 Å². The summed E-state index contributed by atoms with van der Waals surface area (Å²) in [5, 5.41) is 3.61. The van der Waals surface area contributed by atoms with Gasteiger partial charge < -0.3 is 10.2 Å². The van der Waals surface area contributed by atoms with Crippen LogP contribution in [0.3, 0.4) is 0 Å². The fourth-order valence-corrected chi connectivity index (χ4v) is 2.94. The molecule has 0 unspecified atom stereocenters. The maximum atomic E-state index is 12.8. The fourth-order valence-electron chi connectivity index (χ4n) is 2.65. The van der Waals surface area contributed by atoms with Gasteiger partial charge >= 0.3 is 0 Å². The van der Waals surface area contributed by atoms with E-state index in [0.29, 0.717) is 41.7 Å². The first-order valence-corrected chi connectivity index (χ1v) is 8.76. The van der Waals surface area contributed by atoms with Gasteiger partial charge in [0.1, 0.15) is 5.41 Å². The van der Waals surface area contributed by atoms with E-state index in [1.807, 2.05) is 13.8 Å². The molecule has 0 aliphatic heterocycles. The molecular formula is C17H22Cl2N2O2. The third kappa shape index (κ3) is 3.99. The molecule has 1 aliphatic rings. The standard InChI is InChI=1S/C17H22Cl2N2O2/c1-3-9-21(10-4-2)16(23)17(7-8-17)15(22)20-12-5-6-13(18)14(19)11-12/h5-6,11H,3-4,7-10H2,1-2H3,(H,20,22). The molecular weight excluding hydrogens is 335 g/mol. The van der Waals surface area contributed by atoms with Gasteiger partial charge in [0, 0.05) is 18.8 Å². The maximum absolute atomic E-state index is 12.8. The van der Waals surface area contributed by atoms with Gasteiger partial charge in [0.25, 0.3) is 0 Å². The van der Waals surface area contributed by atoms with Gasteiger partial charge in [-0.15, -0.1) is 0 Å². The van der Waals surface area contributed by atoms with Gasteiger partial charge in [0.15, 0.2) is 0 Å². The van der Waals surface area contributed by atoms with Crippen molar-refractivity contribution in [1.29, 1.82) is 0 Å². The van der Waals surface area contributed by atoms with Crippen LogP contribution < -0.4 is 5.32 Å². The number of halogens is 2. The minimum absolute atomic E-state index is 0.0567. The van der Waals surface area contributed by atoms with E-state index in [2.05, 4.69) is 5.32 Å². The average molecular weight is 357 g/mol. The van der Waals surface area contributed by atoms with Crippen molar-refractivity contribution in [3.05, 3.63) is 28.2 Å². The van der Waals surface area contributed by atoms with E-state index in [1.54, 1.807) is 23.1 Å². The van der Waals surface area contributed by atoms with E-state index in [4.69, 9.17) is 23.2 Å². The Morgan fingerprint density at radius 1 is 1.13 bits per heavy atom. The normalized spacial score (nSPS) is 15.1. The second-order valence-corrected chi connectivity index (χ2v) is 6.77. The van der Waals surface area contributed by atoms with Crippen molar-refractivity contribution in [2.24, 2.45) is 5.41 Å². The summed E-state index contributed by atoms with van der Waals surface area (Å²) in [6.07, 6.45) is 2.97. The minimum atomic E-state index is -0.906. The van der Waals surface area contributed by atoms with E-state index < -0.39 is 5.41 Å². The summed E-state index contributed by atoms with van der Waals surface area (Å²) in [6.45, 7) is 5.44. The number of carbonyl (C=O) groups excluding carboxylic acids is 2. The number of anilines is 1. The van der Waals surface area contributed by atoms with Crippen LogP contribution in [0.1, 0.15) is 39.5 Å². The van der Waals surface area contributed by atoms with Crippen LogP contribution in [0.2, 0.25) is 10.0 Å². The molecule has 0 spiro atoms. The molecule has 1 saturated carbocycles. The number of carbonyl (C=O) groups is 2. The zero-order valence-electron chi connectivity index (χ0n) is 13.5. The van der Waals surface area contributed by atoms with Gasteiger partial charge in [-0.05, 0) is 43.9 Å². The summed E-state index contributed by atoms with van der Waals surface area (Å²) < 4.78 is 0. The number of nitrogens with zero attached hydrogens (tertiary/aromatic N) is 1. The van der Waals surface area contributed by atoms with Gasteiger partial charge in [0.05, 0.1) is 10.0 Å². The van der Waals surface area contributed by atoms with Crippen LogP contribution in [-0.4, -0.2) is 29.8 Å². The zero-order valence-corrected chi connectivity index (χ0v) is 15.0. The van der Waals surface area contributed by atoms with Crippen molar-refractivity contribution < 1.29 is 9.59 Å². The second kappa shape index (κ2) is 7.54. The Labute approximate surface area is 147 Å². The molecule has 2 amide bonds. The summed E-state index contributed by atoms with van der Waals surface area (Å²) in [5.74, 6) is -0.308. The molecule has 0 heterocycles. The maximum Gasteiger partial charge on any atom is 0.240 e. The first-order chi connectivity index (χ1) is 10.9. The first-order valence-electron chi connectivity index (χ1n) is 8.00. The summed E-state index contributed by atoms with van der Waals surface area (Å²) in [5.41, 5.74) is -0.350. The van der Waals surface area contributed by atoms with Gasteiger partial charge in [-0.3, -0.25) is 9.59 Å². The van der Waals surface area contributed by atoms with Crippen molar-refractivity contribution in [1.82, 2.24) is 4.90 Å². The average Bonchev–Trinajstić information content (AvgIpc) is 3.32. The lowest BCUT2D eigenvalue weighted by molar-refractivity contribution is -0.142. The van der Waals surface area contributed by atoms with E-state index >= 15 is 0 Å². The van der Waals surface area contributed by atoms with Gasteiger partial charge in [0.2, 0.25) is 11.8 Å². The number of rotatable bonds is 7. The predicted octanol–water partition coefficient (Wildman–Crippen LogP) is 4.36. The predicted molar refractivity (Wildman–Crippen MR) is 93.9 cm³/mol. The molecule has 0 aromatic heterocycles. The molecule has 1 aromatic carbocycles. The van der Waals surface area contributed by atoms with Crippen LogP contribution in [0, 0.1) is 5.41 Å². The van der Waals surface area contributed by atoms with Crippen LogP contribution >= 0.6 is 23.2 Å². The number of hydrogen-bond donors (Lipinski definition) is 1. The number of benzene rings is 1. The van der Waals surface area contributed by atoms with Gasteiger partial charge in [-0.1, -0.05) is 37.0 Å². The quantitative estimate of drug-likeness (QED) is 0.737. The summed E-state index contributed by atoms with van der Waals surface area (Å²) in [4.78, 5) is 27.2. The largest absolute Gasteiger partial charge is 0.342 e. The Kier molecular flexibility index (Phi) is 5.93. The summed E-state index contributed by atoms with van der Waals surface area (Å²) in [7, 11) is 0. The number of amides is 2. The molecule has 0 saturated heterocycles. The molecule has 23 heavy (non-hydrogen) atoms.